The van der Waals surface area contributed by atoms with Crippen molar-refractivity contribution in [3.8, 4) is 22.6 Å². The van der Waals surface area contributed by atoms with Gasteiger partial charge in [0.25, 0.3) is 0 Å². The van der Waals surface area contributed by atoms with Gasteiger partial charge in [0.05, 0.1) is 17.5 Å². The highest BCUT2D eigenvalue weighted by Crippen LogP contribution is 2.29. The number of benzene rings is 1. The highest BCUT2D eigenvalue weighted by Gasteiger charge is 2.16. The van der Waals surface area contributed by atoms with Gasteiger partial charge in [0.2, 0.25) is 10.9 Å². The second-order valence-corrected chi connectivity index (χ2v) is 5.86. The highest BCUT2D eigenvalue weighted by molar-refractivity contribution is 7.99. The average Bonchev–Trinajstić information content (AvgIpc) is 3.21. The Balaban J connectivity index is 1.97. The summed E-state index contributed by atoms with van der Waals surface area (Å²) in [6.45, 7) is 0. The molecule has 9 nitrogen and oxygen atoms in total. The predicted molar refractivity (Wildman–Crippen MR) is 86.6 cm³/mol. The largest absolute Gasteiger partial charge is 0.481 e. The number of aromatic amines is 2. The Morgan fingerprint density at radius 3 is 2.83 bits per heavy atom. The molecule has 0 unspecified atom stereocenters. The van der Waals surface area contributed by atoms with Crippen molar-refractivity contribution in [2.75, 3.05) is 5.75 Å². The van der Waals surface area contributed by atoms with Crippen LogP contribution in [0.1, 0.15) is 0 Å². The van der Waals surface area contributed by atoms with Gasteiger partial charge in [-0.2, -0.15) is 5.10 Å². The number of rotatable bonds is 6. The fourth-order valence-corrected chi connectivity index (χ4v) is 2.73. The molecule has 2 heterocycles. The van der Waals surface area contributed by atoms with Crippen LogP contribution in [-0.2, 0) is 11.8 Å². The molecule has 0 bridgehead atoms. The van der Waals surface area contributed by atoms with E-state index in [0.717, 1.165) is 23.0 Å². The van der Waals surface area contributed by atoms with Gasteiger partial charge in [0.15, 0.2) is 12.9 Å². The Kier molecular flexibility index (Phi) is 4.38. The quantitative estimate of drug-likeness (QED) is 0.355. The first-order chi connectivity index (χ1) is 11.6. The van der Waals surface area contributed by atoms with Gasteiger partial charge in [-0.25, -0.2) is 4.98 Å². The molecule has 0 amide bonds. The topological polar surface area (TPSA) is 128 Å². The Morgan fingerprint density at radius 1 is 1.38 bits per heavy atom. The maximum absolute atomic E-state index is 11.0. The number of carbonyl (C=O) groups is 1. The molecule has 0 aliphatic carbocycles. The zero-order valence-corrected chi connectivity index (χ0v) is 13.4. The van der Waals surface area contributed by atoms with Crippen LogP contribution in [0.5, 0.6) is 0 Å². The minimum Gasteiger partial charge on any atom is -0.481 e. The number of nitroso groups, excluding NO2 is 1. The summed E-state index contributed by atoms with van der Waals surface area (Å²) in [5, 5.41) is 21.8. The Bertz CT molecular complexity index is 904. The number of hydrogen-bond acceptors (Lipinski definition) is 6. The van der Waals surface area contributed by atoms with Crippen molar-refractivity contribution < 1.29 is 14.6 Å². The van der Waals surface area contributed by atoms with Crippen LogP contribution in [0.25, 0.3) is 22.6 Å². The lowest BCUT2D eigenvalue weighted by Gasteiger charge is -2.01. The summed E-state index contributed by atoms with van der Waals surface area (Å²) in [6, 6.07) is 7.00. The number of thioether (sulfide) groups is 1. The van der Waals surface area contributed by atoms with Gasteiger partial charge in [-0.3, -0.25) is 9.89 Å². The molecular formula is C14H13N6O3S+. The summed E-state index contributed by atoms with van der Waals surface area (Å²) >= 11 is 1.01. The van der Waals surface area contributed by atoms with Gasteiger partial charge in [-0.15, -0.1) is 14.7 Å². The van der Waals surface area contributed by atoms with E-state index < -0.39 is 5.97 Å². The first kappa shape index (κ1) is 15.9. The molecule has 3 N–H and O–H groups in total. The summed E-state index contributed by atoms with van der Waals surface area (Å²) in [5.74, 6) is -0.633. The molecule has 0 fully saturated rings. The lowest BCUT2D eigenvalue weighted by molar-refractivity contribution is -0.716. The number of H-pyrrole nitrogens is 2. The molecule has 2 aromatic heterocycles. The van der Waals surface area contributed by atoms with E-state index >= 15 is 0 Å². The van der Waals surface area contributed by atoms with Crippen LogP contribution >= 0.6 is 11.8 Å². The maximum Gasteiger partial charge on any atom is 0.313 e. The van der Waals surface area contributed by atoms with Gasteiger partial charge in [-0.1, -0.05) is 11.8 Å². The number of nitrogens with one attached hydrogen (secondary N) is 2. The SMILES string of the molecule is C[n+]1[nH]ccc1-c1cc(N=O)cc(-c2nc(SCC(=O)O)n[nH]2)c1. The van der Waals surface area contributed by atoms with E-state index in [4.69, 9.17) is 5.11 Å². The molecule has 24 heavy (non-hydrogen) atoms. The minimum atomic E-state index is -0.944. The van der Waals surface area contributed by atoms with Gasteiger partial charge >= 0.3 is 5.97 Å². The van der Waals surface area contributed by atoms with Crippen LogP contribution in [0.4, 0.5) is 5.69 Å². The third-order valence-corrected chi connectivity index (χ3v) is 4.08. The van der Waals surface area contributed by atoms with Crippen molar-refractivity contribution in [1.82, 2.24) is 20.3 Å². The summed E-state index contributed by atoms with van der Waals surface area (Å²) < 4.78 is 1.81. The van der Waals surface area contributed by atoms with Crippen LogP contribution in [0.15, 0.2) is 40.8 Å². The number of aromatic nitrogens is 5. The molecule has 0 saturated heterocycles. The highest BCUT2D eigenvalue weighted by atomic mass is 32.2. The maximum atomic E-state index is 11.0. The van der Waals surface area contributed by atoms with Crippen molar-refractivity contribution in [3.63, 3.8) is 0 Å². The molecule has 0 atom stereocenters. The van der Waals surface area contributed by atoms with Crippen LogP contribution in [0.2, 0.25) is 0 Å². The molecule has 0 aliphatic heterocycles. The zero-order valence-electron chi connectivity index (χ0n) is 12.6. The first-order valence-corrected chi connectivity index (χ1v) is 7.85. The zero-order chi connectivity index (χ0) is 17.1. The second-order valence-electron chi connectivity index (χ2n) is 4.92. The first-order valence-electron chi connectivity index (χ1n) is 6.86. The lowest BCUT2D eigenvalue weighted by atomic mass is 10.1. The van der Waals surface area contributed by atoms with Crippen LogP contribution < -0.4 is 4.68 Å². The number of nitrogens with zero attached hydrogens (tertiary/aromatic N) is 4. The fourth-order valence-electron chi connectivity index (χ4n) is 2.21. The van der Waals surface area contributed by atoms with Crippen molar-refractivity contribution in [2.45, 2.75) is 5.16 Å². The number of carboxylic acids is 1. The normalized spacial score (nSPS) is 10.7. The van der Waals surface area contributed by atoms with E-state index in [1.54, 1.807) is 18.3 Å². The number of hydrogen-bond donors (Lipinski definition) is 3. The molecule has 3 rings (SSSR count). The van der Waals surface area contributed by atoms with Gasteiger partial charge in [-0.05, 0) is 23.4 Å². The lowest BCUT2D eigenvalue weighted by Crippen LogP contribution is -2.31. The predicted octanol–water partition coefficient (Wildman–Crippen LogP) is 1.87. The molecule has 0 saturated carbocycles. The summed E-state index contributed by atoms with van der Waals surface area (Å²) in [7, 11) is 1.85. The van der Waals surface area contributed by atoms with E-state index in [1.165, 1.54) is 0 Å². The van der Waals surface area contributed by atoms with E-state index in [9.17, 15) is 9.70 Å². The minimum absolute atomic E-state index is 0.127. The van der Waals surface area contributed by atoms with Crippen LogP contribution in [-0.4, -0.2) is 37.1 Å². The fraction of sp³-hybridized carbons (Fsp3) is 0.143. The van der Waals surface area contributed by atoms with Crippen molar-refractivity contribution in [2.24, 2.45) is 12.2 Å². The van der Waals surface area contributed by atoms with Gasteiger partial charge in [0.1, 0.15) is 5.69 Å². The third-order valence-electron chi connectivity index (χ3n) is 3.25. The molecule has 0 spiro atoms. The van der Waals surface area contributed by atoms with Crippen molar-refractivity contribution >= 4 is 23.4 Å². The summed E-state index contributed by atoms with van der Waals surface area (Å²) in [5.41, 5.74) is 2.57. The number of aliphatic carboxylic acids is 1. The molecule has 0 aliphatic rings. The monoisotopic (exact) mass is 345 g/mol. The van der Waals surface area contributed by atoms with Crippen molar-refractivity contribution in [3.05, 3.63) is 35.4 Å². The van der Waals surface area contributed by atoms with Crippen molar-refractivity contribution in [1.29, 1.82) is 0 Å². The van der Waals surface area contributed by atoms with E-state index in [2.05, 4.69) is 25.5 Å². The van der Waals surface area contributed by atoms with Crippen LogP contribution in [0.3, 0.4) is 0 Å². The smallest absolute Gasteiger partial charge is 0.313 e. The average molecular weight is 345 g/mol. The molecule has 0 radical (unpaired) electrons. The Hall–Kier alpha value is -3.01. The van der Waals surface area contributed by atoms with Gasteiger partial charge < -0.3 is 5.11 Å². The standard InChI is InChI=1S/C14H12N6O3S/c1-20-11(2-3-15-20)8-4-9(6-10(5-8)19-23)13-16-14(18-17-13)24-7-12(21)22/h2-6H,7H2,1H3,(H2,16,17,18,21,22)/p+1. The molecule has 10 heteroatoms. The van der Waals surface area contributed by atoms with E-state index in [-0.39, 0.29) is 11.4 Å². The Morgan fingerprint density at radius 2 is 2.17 bits per heavy atom. The second kappa shape index (κ2) is 6.62. The van der Waals surface area contributed by atoms with Gasteiger partial charge in [0, 0.05) is 11.6 Å². The third kappa shape index (κ3) is 3.33. The molecule has 3 aromatic rings. The Labute approximate surface area is 140 Å². The molecule has 122 valence electrons. The van der Waals surface area contributed by atoms with E-state index in [0.29, 0.717) is 16.5 Å². The summed E-state index contributed by atoms with van der Waals surface area (Å²) in [6.07, 6.45) is 1.78. The summed E-state index contributed by atoms with van der Waals surface area (Å²) in [4.78, 5) is 25.8. The molecule has 1 aromatic carbocycles. The molecular weight excluding hydrogens is 332 g/mol. The van der Waals surface area contributed by atoms with Crippen LogP contribution in [0, 0.1) is 4.91 Å². The number of carboxylic acid groups (broad SMARTS) is 1. The van der Waals surface area contributed by atoms with E-state index in [1.807, 2.05) is 23.9 Å². The number of aryl methyl sites for hydroxylation is 1.